The highest BCUT2D eigenvalue weighted by Gasteiger charge is 2.34. The third-order valence-electron chi connectivity index (χ3n) is 4.00. The largest absolute Gasteiger partial charge is 0.493 e. The van der Waals surface area contributed by atoms with E-state index < -0.39 is 17.8 Å². The highest BCUT2D eigenvalue weighted by Crippen LogP contribution is 2.33. The van der Waals surface area contributed by atoms with Gasteiger partial charge in [0.1, 0.15) is 5.57 Å². The number of methoxy groups -OCH3 is 2. The molecule has 28 heavy (non-hydrogen) atoms. The summed E-state index contributed by atoms with van der Waals surface area (Å²) in [5, 5.41) is 1.17. The number of para-hydroxylation sites is 2. The standard InChI is InChI=1S/C20H18N2O6/c1-26-16-10-6-7-13(18(16)28-12-17(23)27-2)11-15-19(24)21-22(20(15)25)14-8-4-3-5-9-14/h3-11H,12H2,1-2H3,(H,21,24)/b15-11-. The minimum absolute atomic E-state index is 0.0694. The van der Waals surface area contributed by atoms with Gasteiger partial charge in [-0.05, 0) is 24.3 Å². The quantitative estimate of drug-likeness (QED) is 0.464. The fourth-order valence-electron chi connectivity index (χ4n) is 2.62. The van der Waals surface area contributed by atoms with Gasteiger partial charge >= 0.3 is 5.97 Å². The second kappa shape index (κ2) is 8.26. The molecule has 144 valence electrons. The molecule has 0 spiro atoms. The molecular formula is C20H18N2O6. The topological polar surface area (TPSA) is 94.2 Å². The predicted molar refractivity (Wildman–Crippen MR) is 101 cm³/mol. The highest BCUT2D eigenvalue weighted by molar-refractivity contribution is 6.31. The Labute approximate surface area is 161 Å². The molecule has 3 rings (SSSR count). The van der Waals surface area contributed by atoms with Crippen LogP contribution in [0, 0.1) is 0 Å². The monoisotopic (exact) mass is 382 g/mol. The van der Waals surface area contributed by atoms with Crippen LogP contribution >= 0.6 is 0 Å². The van der Waals surface area contributed by atoms with Crippen LogP contribution in [0.3, 0.4) is 0 Å². The Bertz CT molecular complexity index is 939. The molecule has 1 aliphatic rings. The molecule has 2 aromatic rings. The maximum Gasteiger partial charge on any atom is 0.343 e. The fraction of sp³-hybridized carbons (Fsp3) is 0.150. The smallest absolute Gasteiger partial charge is 0.343 e. The summed E-state index contributed by atoms with van der Waals surface area (Å²) in [6.07, 6.45) is 1.40. The SMILES string of the molecule is COC(=O)COc1c(/C=C2/C(=O)NN(c3ccccc3)C2=O)cccc1OC. The lowest BCUT2D eigenvalue weighted by molar-refractivity contribution is -0.143. The van der Waals surface area contributed by atoms with E-state index in [0.29, 0.717) is 17.0 Å². The zero-order valence-corrected chi connectivity index (χ0v) is 15.3. The Kier molecular flexibility index (Phi) is 5.59. The minimum atomic E-state index is -0.575. The van der Waals surface area contributed by atoms with Crippen molar-refractivity contribution in [2.45, 2.75) is 0 Å². The van der Waals surface area contributed by atoms with Gasteiger partial charge in [-0.3, -0.25) is 15.0 Å². The summed E-state index contributed by atoms with van der Waals surface area (Å²) in [6.45, 7) is -0.344. The molecular weight excluding hydrogens is 364 g/mol. The summed E-state index contributed by atoms with van der Waals surface area (Å²) < 4.78 is 15.3. The van der Waals surface area contributed by atoms with E-state index in [-0.39, 0.29) is 17.9 Å². The van der Waals surface area contributed by atoms with Crippen LogP contribution in [0.2, 0.25) is 0 Å². The van der Waals surface area contributed by atoms with E-state index in [2.05, 4.69) is 10.2 Å². The number of nitrogens with zero attached hydrogens (tertiary/aromatic N) is 1. The molecule has 2 amide bonds. The van der Waals surface area contributed by atoms with E-state index in [9.17, 15) is 14.4 Å². The number of carbonyl (C=O) groups excluding carboxylic acids is 3. The average molecular weight is 382 g/mol. The second-order valence-corrected chi connectivity index (χ2v) is 5.72. The van der Waals surface area contributed by atoms with Gasteiger partial charge in [0, 0.05) is 5.56 Å². The Balaban J connectivity index is 1.95. The number of esters is 1. The van der Waals surface area contributed by atoms with Gasteiger partial charge in [-0.15, -0.1) is 0 Å². The summed E-state index contributed by atoms with van der Waals surface area (Å²) in [5.41, 5.74) is 3.41. The third kappa shape index (κ3) is 3.80. The first-order valence-electron chi connectivity index (χ1n) is 8.34. The van der Waals surface area contributed by atoms with Gasteiger partial charge < -0.3 is 14.2 Å². The van der Waals surface area contributed by atoms with Crippen molar-refractivity contribution in [2.24, 2.45) is 0 Å². The molecule has 1 fully saturated rings. The number of carbonyl (C=O) groups is 3. The molecule has 1 heterocycles. The lowest BCUT2D eigenvalue weighted by Gasteiger charge is -2.14. The number of hydrogen-bond donors (Lipinski definition) is 1. The van der Waals surface area contributed by atoms with E-state index in [1.54, 1.807) is 42.5 Å². The van der Waals surface area contributed by atoms with Crippen LogP contribution in [-0.4, -0.2) is 38.6 Å². The second-order valence-electron chi connectivity index (χ2n) is 5.72. The number of hydrazine groups is 1. The Morgan fingerprint density at radius 3 is 2.50 bits per heavy atom. The van der Waals surface area contributed by atoms with Crippen LogP contribution in [0.15, 0.2) is 54.1 Å². The van der Waals surface area contributed by atoms with Crippen molar-refractivity contribution in [3.8, 4) is 11.5 Å². The van der Waals surface area contributed by atoms with E-state index in [4.69, 9.17) is 9.47 Å². The first-order chi connectivity index (χ1) is 13.5. The molecule has 1 N–H and O–H groups in total. The molecule has 0 radical (unpaired) electrons. The number of nitrogens with one attached hydrogen (secondary N) is 1. The van der Waals surface area contributed by atoms with E-state index in [1.807, 2.05) is 6.07 Å². The fourth-order valence-corrected chi connectivity index (χ4v) is 2.62. The van der Waals surface area contributed by atoms with Crippen LogP contribution < -0.4 is 19.9 Å². The Hall–Kier alpha value is -3.81. The van der Waals surface area contributed by atoms with Gasteiger partial charge in [0.05, 0.1) is 19.9 Å². The van der Waals surface area contributed by atoms with Gasteiger partial charge in [-0.25, -0.2) is 9.80 Å². The average Bonchev–Trinajstić information content (AvgIpc) is 3.01. The Morgan fingerprint density at radius 1 is 1.07 bits per heavy atom. The summed E-state index contributed by atoms with van der Waals surface area (Å²) in [6, 6.07) is 13.7. The van der Waals surface area contributed by atoms with Crippen molar-refractivity contribution < 1.29 is 28.6 Å². The maximum absolute atomic E-state index is 12.7. The van der Waals surface area contributed by atoms with Gasteiger partial charge in [0.25, 0.3) is 11.8 Å². The zero-order chi connectivity index (χ0) is 20.1. The molecule has 0 atom stereocenters. The molecule has 0 saturated carbocycles. The summed E-state index contributed by atoms with van der Waals surface area (Å²) in [7, 11) is 2.69. The lowest BCUT2D eigenvalue weighted by Crippen LogP contribution is -2.35. The lowest BCUT2D eigenvalue weighted by atomic mass is 10.1. The van der Waals surface area contributed by atoms with E-state index >= 15 is 0 Å². The molecule has 2 aromatic carbocycles. The molecule has 0 bridgehead atoms. The molecule has 1 saturated heterocycles. The van der Waals surface area contributed by atoms with Crippen molar-refractivity contribution in [2.75, 3.05) is 25.8 Å². The van der Waals surface area contributed by atoms with Crippen LogP contribution in [0.1, 0.15) is 5.56 Å². The van der Waals surface area contributed by atoms with Crippen molar-refractivity contribution in [1.82, 2.24) is 5.43 Å². The molecule has 0 unspecified atom stereocenters. The van der Waals surface area contributed by atoms with Crippen LogP contribution in [0.25, 0.3) is 6.08 Å². The number of ether oxygens (including phenoxy) is 3. The molecule has 0 aromatic heterocycles. The summed E-state index contributed by atoms with van der Waals surface area (Å²) in [5.74, 6) is -1.05. The van der Waals surface area contributed by atoms with Gasteiger partial charge in [0.2, 0.25) is 0 Å². The minimum Gasteiger partial charge on any atom is -0.493 e. The first-order valence-corrected chi connectivity index (χ1v) is 8.34. The number of anilines is 1. The number of amides is 2. The van der Waals surface area contributed by atoms with Crippen LogP contribution in [0.5, 0.6) is 11.5 Å². The first kappa shape index (κ1) is 19.0. The maximum atomic E-state index is 12.7. The van der Waals surface area contributed by atoms with Gasteiger partial charge in [-0.2, -0.15) is 0 Å². The predicted octanol–water partition coefficient (Wildman–Crippen LogP) is 1.71. The van der Waals surface area contributed by atoms with E-state index in [1.165, 1.54) is 25.3 Å². The zero-order valence-electron chi connectivity index (χ0n) is 15.3. The Morgan fingerprint density at radius 2 is 1.82 bits per heavy atom. The number of rotatable bonds is 6. The van der Waals surface area contributed by atoms with E-state index in [0.717, 1.165) is 0 Å². The van der Waals surface area contributed by atoms with Gasteiger partial charge in [0.15, 0.2) is 18.1 Å². The van der Waals surface area contributed by atoms with Crippen molar-refractivity contribution >= 4 is 29.5 Å². The van der Waals surface area contributed by atoms with Crippen molar-refractivity contribution in [3.05, 3.63) is 59.7 Å². The van der Waals surface area contributed by atoms with Crippen molar-refractivity contribution in [3.63, 3.8) is 0 Å². The van der Waals surface area contributed by atoms with Gasteiger partial charge in [-0.1, -0.05) is 30.3 Å². The third-order valence-corrected chi connectivity index (χ3v) is 4.00. The molecule has 8 heteroatoms. The van der Waals surface area contributed by atoms with Crippen LogP contribution in [0.4, 0.5) is 5.69 Å². The molecule has 8 nitrogen and oxygen atoms in total. The summed E-state index contributed by atoms with van der Waals surface area (Å²) >= 11 is 0. The highest BCUT2D eigenvalue weighted by atomic mass is 16.6. The van der Waals surface area contributed by atoms with Crippen LogP contribution in [-0.2, 0) is 19.1 Å². The summed E-state index contributed by atoms with van der Waals surface area (Å²) in [4.78, 5) is 36.5. The molecule has 0 aliphatic carbocycles. The normalized spacial score (nSPS) is 14.8. The number of hydrogen-bond acceptors (Lipinski definition) is 6. The number of benzene rings is 2. The van der Waals surface area contributed by atoms with Crippen molar-refractivity contribution in [1.29, 1.82) is 0 Å². The molecule has 1 aliphatic heterocycles.